The van der Waals surface area contributed by atoms with Crippen LogP contribution in [0.4, 0.5) is 4.79 Å². The maximum atomic E-state index is 12.4. The number of hydrogen-bond donors (Lipinski definition) is 4. The molecule has 0 unspecified atom stereocenters. The zero-order valence-electron chi connectivity index (χ0n) is 14.4. The lowest BCUT2D eigenvalue weighted by Gasteiger charge is -2.30. The summed E-state index contributed by atoms with van der Waals surface area (Å²) >= 11 is 0. The van der Waals surface area contributed by atoms with Gasteiger partial charge in [-0.15, -0.1) is 4.28 Å². The molecule has 1 heterocycles. The van der Waals surface area contributed by atoms with Gasteiger partial charge in [-0.2, -0.15) is 13.9 Å². The van der Waals surface area contributed by atoms with Gasteiger partial charge in [-0.3, -0.25) is 14.2 Å². The number of piperidine rings is 1. The molecule has 0 aromatic rings. The highest BCUT2D eigenvalue weighted by Crippen LogP contribution is 2.10. The van der Waals surface area contributed by atoms with Crippen molar-refractivity contribution in [2.45, 2.75) is 51.7 Å². The Hall–Kier alpha value is -1.47. The Bertz CT molecular complexity index is 536. The van der Waals surface area contributed by atoms with E-state index in [0.29, 0.717) is 12.8 Å². The number of rotatable bonds is 9. The largest absolute Gasteiger partial charge is 0.418 e. The van der Waals surface area contributed by atoms with Crippen molar-refractivity contribution in [3.05, 3.63) is 0 Å². The molecule has 1 saturated heterocycles. The first kappa shape index (κ1) is 21.6. The molecule has 0 saturated carbocycles. The molecule has 0 aromatic heterocycles. The molecule has 146 valence electrons. The van der Waals surface area contributed by atoms with Crippen molar-refractivity contribution >= 4 is 22.3 Å². The van der Waals surface area contributed by atoms with Gasteiger partial charge in [-0.25, -0.2) is 10.3 Å². The fraction of sp³-hybridized carbons (Fsp3) is 0.846. The lowest BCUT2D eigenvalue weighted by Crippen LogP contribution is -2.53. The SMILES string of the molecule is CCC[C@@H](C(=O)NOC1CCNCC1)N(CC)C(=O)NOS(=O)(=O)O. The highest BCUT2D eigenvalue weighted by atomic mass is 32.3. The lowest BCUT2D eigenvalue weighted by atomic mass is 10.1. The Morgan fingerprint density at radius 1 is 1.28 bits per heavy atom. The van der Waals surface area contributed by atoms with Crippen LogP contribution in [0.3, 0.4) is 0 Å². The molecule has 0 spiro atoms. The molecular weight excluding hydrogens is 356 g/mol. The van der Waals surface area contributed by atoms with Gasteiger partial charge in [0.15, 0.2) is 0 Å². The third-order valence-corrected chi connectivity index (χ3v) is 3.98. The summed E-state index contributed by atoms with van der Waals surface area (Å²) in [4.78, 5) is 30.9. The summed E-state index contributed by atoms with van der Waals surface area (Å²) in [6.45, 7) is 5.18. The summed E-state index contributed by atoms with van der Waals surface area (Å²) in [5.74, 6) is -0.510. The fourth-order valence-electron chi connectivity index (χ4n) is 2.48. The zero-order valence-corrected chi connectivity index (χ0v) is 15.2. The van der Waals surface area contributed by atoms with Gasteiger partial charge in [0.1, 0.15) is 6.04 Å². The molecule has 1 aliphatic rings. The third kappa shape index (κ3) is 7.96. The summed E-state index contributed by atoms with van der Waals surface area (Å²) in [6, 6.07) is -1.84. The Balaban J connectivity index is 2.65. The molecule has 0 aromatic carbocycles. The number of urea groups is 1. The van der Waals surface area contributed by atoms with E-state index < -0.39 is 28.4 Å². The number of carbonyl (C=O) groups is 2. The standard InChI is InChI=1S/C13H26N4O7S/c1-3-5-11(12(18)15-23-10-6-8-14-9-7-10)17(4-2)13(19)16-24-25(20,21)22/h10-11,14H,3-9H2,1-2H3,(H,15,18)(H,16,19)(H,20,21,22)/t11-/m0/s1. The van der Waals surface area contributed by atoms with Crippen LogP contribution < -0.4 is 16.3 Å². The van der Waals surface area contributed by atoms with Gasteiger partial charge in [-0.05, 0) is 39.3 Å². The van der Waals surface area contributed by atoms with Crippen molar-refractivity contribution in [3.8, 4) is 0 Å². The molecular formula is C13H26N4O7S. The van der Waals surface area contributed by atoms with E-state index in [0.717, 1.165) is 30.8 Å². The molecule has 0 radical (unpaired) electrons. The van der Waals surface area contributed by atoms with Gasteiger partial charge >= 0.3 is 16.4 Å². The monoisotopic (exact) mass is 382 g/mol. The van der Waals surface area contributed by atoms with E-state index in [4.69, 9.17) is 9.39 Å². The van der Waals surface area contributed by atoms with Gasteiger partial charge in [0.05, 0.1) is 6.10 Å². The van der Waals surface area contributed by atoms with E-state index in [9.17, 15) is 18.0 Å². The second-order valence-electron chi connectivity index (χ2n) is 5.54. The van der Waals surface area contributed by atoms with Gasteiger partial charge in [-0.1, -0.05) is 13.3 Å². The van der Waals surface area contributed by atoms with Gasteiger partial charge in [0.2, 0.25) is 0 Å². The zero-order chi connectivity index (χ0) is 18.9. The van der Waals surface area contributed by atoms with Crippen molar-refractivity contribution in [3.63, 3.8) is 0 Å². The van der Waals surface area contributed by atoms with Crippen LogP contribution in [0.1, 0.15) is 39.5 Å². The van der Waals surface area contributed by atoms with Crippen LogP contribution in [0.2, 0.25) is 0 Å². The number of nitrogens with zero attached hydrogens (tertiary/aromatic N) is 1. The van der Waals surface area contributed by atoms with Crippen molar-refractivity contribution in [2.75, 3.05) is 19.6 Å². The normalized spacial score (nSPS) is 16.9. The Morgan fingerprint density at radius 2 is 1.92 bits per heavy atom. The second kappa shape index (κ2) is 10.5. The van der Waals surface area contributed by atoms with E-state index in [1.807, 2.05) is 6.92 Å². The molecule has 12 heteroatoms. The van der Waals surface area contributed by atoms with Gasteiger partial charge < -0.3 is 10.2 Å². The number of nitrogens with one attached hydrogen (secondary N) is 3. The van der Waals surface area contributed by atoms with E-state index >= 15 is 0 Å². The van der Waals surface area contributed by atoms with Crippen LogP contribution in [0.5, 0.6) is 0 Å². The Morgan fingerprint density at radius 3 is 2.44 bits per heavy atom. The lowest BCUT2D eigenvalue weighted by molar-refractivity contribution is -0.144. The van der Waals surface area contributed by atoms with E-state index in [2.05, 4.69) is 15.1 Å². The average Bonchev–Trinajstić information content (AvgIpc) is 2.58. The summed E-state index contributed by atoms with van der Waals surface area (Å²) in [5, 5.41) is 3.18. The topological polar surface area (TPSA) is 146 Å². The maximum absolute atomic E-state index is 12.4. The van der Waals surface area contributed by atoms with Crippen molar-refractivity contribution in [1.82, 2.24) is 21.2 Å². The van der Waals surface area contributed by atoms with E-state index in [1.54, 1.807) is 12.4 Å². The van der Waals surface area contributed by atoms with Crippen LogP contribution in [0, 0.1) is 0 Å². The molecule has 3 amide bonds. The molecule has 1 rings (SSSR count). The van der Waals surface area contributed by atoms with Crippen LogP contribution in [0.25, 0.3) is 0 Å². The second-order valence-corrected chi connectivity index (χ2v) is 6.56. The van der Waals surface area contributed by atoms with Crippen LogP contribution in [-0.2, 0) is 24.3 Å². The predicted molar refractivity (Wildman–Crippen MR) is 87.4 cm³/mol. The first-order valence-electron chi connectivity index (χ1n) is 8.17. The predicted octanol–water partition coefficient (Wildman–Crippen LogP) is -0.279. The molecule has 1 aliphatic heterocycles. The highest BCUT2D eigenvalue weighted by molar-refractivity contribution is 7.80. The maximum Gasteiger partial charge on any atom is 0.418 e. The molecule has 0 bridgehead atoms. The number of likely N-dealkylation sites (N-methyl/N-ethyl adjacent to an activating group) is 1. The molecule has 0 aliphatic carbocycles. The van der Waals surface area contributed by atoms with Gasteiger partial charge in [0, 0.05) is 6.54 Å². The molecule has 25 heavy (non-hydrogen) atoms. The van der Waals surface area contributed by atoms with Crippen molar-refractivity contribution in [1.29, 1.82) is 0 Å². The summed E-state index contributed by atoms with van der Waals surface area (Å²) in [5.41, 5.74) is 3.98. The first-order chi connectivity index (χ1) is 11.8. The molecule has 4 N–H and O–H groups in total. The van der Waals surface area contributed by atoms with Gasteiger partial charge in [0.25, 0.3) is 5.91 Å². The molecule has 11 nitrogen and oxygen atoms in total. The first-order valence-corrected chi connectivity index (χ1v) is 9.53. The number of amides is 3. The van der Waals surface area contributed by atoms with Crippen LogP contribution >= 0.6 is 0 Å². The number of hydroxylamine groups is 2. The summed E-state index contributed by atoms with van der Waals surface area (Å²) in [6.07, 6.45) is 2.38. The Labute approximate surface area is 147 Å². The minimum absolute atomic E-state index is 0.0979. The summed E-state index contributed by atoms with van der Waals surface area (Å²) in [7, 11) is -4.83. The average molecular weight is 382 g/mol. The fourth-order valence-corrected chi connectivity index (χ4v) is 2.65. The van der Waals surface area contributed by atoms with Crippen molar-refractivity contribution in [2.24, 2.45) is 0 Å². The molecule has 1 fully saturated rings. The molecule has 1 atom stereocenters. The van der Waals surface area contributed by atoms with E-state index in [1.165, 1.54) is 0 Å². The minimum atomic E-state index is -4.83. The Kier molecular flexibility index (Phi) is 9.06. The number of hydrogen-bond acceptors (Lipinski definition) is 7. The third-order valence-electron chi connectivity index (χ3n) is 3.69. The van der Waals surface area contributed by atoms with E-state index in [-0.39, 0.29) is 12.6 Å². The smallest absolute Gasteiger partial charge is 0.317 e. The van der Waals surface area contributed by atoms with Crippen molar-refractivity contribution < 1.29 is 31.7 Å². The number of carbonyl (C=O) groups excluding carboxylic acids is 2. The summed E-state index contributed by atoms with van der Waals surface area (Å²) < 4.78 is 33.5. The van der Waals surface area contributed by atoms with Crippen LogP contribution in [-0.4, -0.2) is 61.6 Å². The van der Waals surface area contributed by atoms with Crippen LogP contribution in [0.15, 0.2) is 0 Å². The minimum Gasteiger partial charge on any atom is -0.317 e. The highest BCUT2D eigenvalue weighted by Gasteiger charge is 2.30. The quantitative estimate of drug-likeness (QED) is 0.315.